The summed E-state index contributed by atoms with van der Waals surface area (Å²) in [6.07, 6.45) is 1.60. The molecule has 0 saturated carbocycles. The molecule has 1 aliphatic heterocycles. The average molecular weight is 372 g/mol. The van der Waals surface area contributed by atoms with E-state index in [1.54, 1.807) is 31.5 Å². The quantitative estimate of drug-likeness (QED) is 0.715. The normalized spacial score (nSPS) is 17.9. The minimum atomic E-state index is -1.12. The van der Waals surface area contributed by atoms with Gasteiger partial charge in [0.25, 0.3) is 0 Å². The van der Waals surface area contributed by atoms with Crippen LogP contribution in [0.3, 0.4) is 0 Å². The van der Waals surface area contributed by atoms with Crippen LogP contribution >= 0.6 is 0 Å². The van der Waals surface area contributed by atoms with Crippen LogP contribution < -0.4 is 16.1 Å². The number of hydrogen-bond donors (Lipinski definition) is 1. The van der Waals surface area contributed by atoms with Crippen LogP contribution in [-0.2, 0) is 5.54 Å². The zero-order chi connectivity index (χ0) is 20.1. The molecule has 2 aromatic heterocycles. The summed E-state index contributed by atoms with van der Waals surface area (Å²) in [6, 6.07) is 10.2. The second kappa shape index (κ2) is 6.44. The van der Waals surface area contributed by atoms with Crippen LogP contribution in [0.2, 0.25) is 0 Å². The first kappa shape index (κ1) is 18.2. The number of nitrogens with zero attached hydrogens (tertiary/aromatic N) is 3. The van der Waals surface area contributed by atoms with Gasteiger partial charge in [0.05, 0.1) is 24.1 Å². The van der Waals surface area contributed by atoms with Crippen molar-refractivity contribution < 1.29 is 9.13 Å². The molecule has 0 spiro atoms. The molecule has 28 heavy (non-hydrogen) atoms. The van der Waals surface area contributed by atoms with E-state index in [9.17, 15) is 4.39 Å². The van der Waals surface area contributed by atoms with Crippen molar-refractivity contribution in [1.29, 1.82) is 0 Å². The molecule has 5 nitrogen and oxygen atoms in total. The summed E-state index contributed by atoms with van der Waals surface area (Å²) in [5.74, 6) is 0.392. The Labute approximate surface area is 163 Å². The van der Waals surface area contributed by atoms with Crippen molar-refractivity contribution in [3.05, 3.63) is 82.1 Å². The van der Waals surface area contributed by atoms with Gasteiger partial charge in [-0.1, -0.05) is 12.1 Å². The number of pyridine rings is 2. The molecule has 1 aromatic carbocycles. The number of aryl methyl sites for hydroxylation is 2. The Morgan fingerprint density at radius 1 is 1.18 bits per heavy atom. The van der Waals surface area contributed by atoms with E-state index >= 15 is 0 Å². The molecule has 2 N–H and O–H groups in total. The van der Waals surface area contributed by atoms with Gasteiger partial charge in [0.15, 0.2) is 5.54 Å². The second-order valence-electron chi connectivity index (χ2n) is 6.78. The van der Waals surface area contributed by atoms with Gasteiger partial charge in [-0.15, -0.1) is 0 Å². The molecule has 0 amide bonds. The van der Waals surface area contributed by atoms with E-state index in [1.807, 2.05) is 26.0 Å². The standard InChI is InChI=1S/C21H18BFN4O/c1-11-9-16(26-12(2)19(11)28-3)21(13-7-8-25-17(22)10-13)14-5-4-6-15(23)18(14)20(24)27-21/h4-10H,1-3H3,(H2,24,27). The molecule has 138 valence electrons. The number of nitrogens with two attached hydrogens (primary N) is 1. The summed E-state index contributed by atoms with van der Waals surface area (Å²) in [6.45, 7) is 3.79. The predicted octanol–water partition coefficient (Wildman–Crippen LogP) is 2.05. The Bertz CT molecular complexity index is 1110. The molecule has 2 radical (unpaired) electrons. The first-order chi connectivity index (χ1) is 13.4. The molecule has 1 atom stereocenters. The number of benzene rings is 1. The van der Waals surface area contributed by atoms with Gasteiger partial charge in [0, 0.05) is 11.8 Å². The summed E-state index contributed by atoms with van der Waals surface area (Å²) in [5, 5.41) is 0. The minimum Gasteiger partial charge on any atom is -0.495 e. The van der Waals surface area contributed by atoms with Gasteiger partial charge in [-0.05, 0) is 54.8 Å². The number of fused-ring (bicyclic) bond motifs is 1. The van der Waals surface area contributed by atoms with Crippen LogP contribution in [0.15, 0.2) is 47.6 Å². The molecule has 7 heteroatoms. The van der Waals surface area contributed by atoms with E-state index in [4.69, 9.17) is 28.3 Å². The largest absolute Gasteiger partial charge is 0.495 e. The molecule has 0 aliphatic carbocycles. The van der Waals surface area contributed by atoms with Gasteiger partial charge in [0.1, 0.15) is 25.2 Å². The fraction of sp³-hybridized carbons (Fsp3) is 0.190. The number of ether oxygens (including phenoxy) is 1. The topological polar surface area (TPSA) is 73.4 Å². The van der Waals surface area contributed by atoms with Crippen molar-refractivity contribution in [2.24, 2.45) is 10.7 Å². The Kier molecular flexibility index (Phi) is 4.18. The van der Waals surface area contributed by atoms with Crippen molar-refractivity contribution in [1.82, 2.24) is 9.97 Å². The maximum atomic E-state index is 14.6. The van der Waals surface area contributed by atoms with Crippen LogP contribution in [0.1, 0.15) is 33.6 Å². The van der Waals surface area contributed by atoms with Crippen LogP contribution in [0, 0.1) is 19.7 Å². The third-order valence-corrected chi connectivity index (χ3v) is 5.05. The third-order valence-electron chi connectivity index (χ3n) is 5.05. The van der Waals surface area contributed by atoms with Gasteiger partial charge in [-0.25, -0.2) is 9.38 Å². The number of hydrogen-bond acceptors (Lipinski definition) is 5. The minimum absolute atomic E-state index is 0.122. The number of aromatic nitrogens is 2. The Hall–Kier alpha value is -3.22. The molecule has 1 aliphatic rings. The van der Waals surface area contributed by atoms with E-state index in [1.165, 1.54) is 6.07 Å². The first-order valence-electron chi connectivity index (χ1n) is 8.78. The van der Waals surface area contributed by atoms with Crippen molar-refractivity contribution in [3.8, 4) is 5.75 Å². The summed E-state index contributed by atoms with van der Waals surface area (Å²) in [4.78, 5) is 13.6. The van der Waals surface area contributed by atoms with Crippen molar-refractivity contribution in [2.45, 2.75) is 19.4 Å². The van der Waals surface area contributed by atoms with E-state index in [0.717, 1.165) is 5.56 Å². The molecule has 4 rings (SSSR count). The van der Waals surface area contributed by atoms with Crippen LogP contribution in [-0.4, -0.2) is 30.8 Å². The van der Waals surface area contributed by atoms with Gasteiger partial charge >= 0.3 is 0 Å². The lowest BCUT2D eigenvalue weighted by molar-refractivity contribution is 0.404. The summed E-state index contributed by atoms with van der Waals surface area (Å²) in [7, 11) is 7.55. The Morgan fingerprint density at radius 3 is 2.64 bits per heavy atom. The number of halogens is 1. The van der Waals surface area contributed by atoms with Crippen LogP contribution in [0.5, 0.6) is 5.75 Å². The highest BCUT2D eigenvalue weighted by atomic mass is 19.1. The van der Waals surface area contributed by atoms with Crippen molar-refractivity contribution >= 4 is 19.3 Å². The summed E-state index contributed by atoms with van der Waals surface area (Å²) < 4.78 is 20.1. The van der Waals surface area contributed by atoms with E-state index in [-0.39, 0.29) is 11.4 Å². The van der Waals surface area contributed by atoms with Crippen LogP contribution in [0.25, 0.3) is 0 Å². The first-order valence-corrected chi connectivity index (χ1v) is 8.78. The van der Waals surface area contributed by atoms with Gasteiger partial charge in [0.2, 0.25) is 0 Å². The molecule has 3 heterocycles. The lowest BCUT2D eigenvalue weighted by Gasteiger charge is -2.29. The van der Waals surface area contributed by atoms with Gasteiger partial charge in [-0.3, -0.25) is 9.97 Å². The van der Waals surface area contributed by atoms with E-state index in [0.29, 0.717) is 33.9 Å². The molecule has 1 unspecified atom stereocenters. The maximum absolute atomic E-state index is 14.6. The highest BCUT2D eigenvalue weighted by molar-refractivity contribution is 6.30. The number of aliphatic imine (C=N–C) groups is 1. The molecular formula is C21H18BFN4O. The molecule has 0 bridgehead atoms. The van der Waals surface area contributed by atoms with Crippen molar-refractivity contribution in [2.75, 3.05) is 7.11 Å². The Balaban J connectivity index is 2.12. The van der Waals surface area contributed by atoms with E-state index in [2.05, 4.69) is 4.98 Å². The molecule has 0 saturated heterocycles. The lowest BCUT2D eigenvalue weighted by atomic mass is 9.79. The van der Waals surface area contributed by atoms with Gasteiger partial charge in [-0.2, -0.15) is 0 Å². The lowest BCUT2D eigenvalue weighted by Crippen LogP contribution is -2.29. The van der Waals surface area contributed by atoms with Crippen LogP contribution in [0.4, 0.5) is 4.39 Å². The highest BCUT2D eigenvalue weighted by Gasteiger charge is 2.45. The van der Waals surface area contributed by atoms with Crippen molar-refractivity contribution in [3.63, 3.8) is 0 Å². The second-order valence-corrected chi connectivity index (χ2v) is 6.78. The summed E-state index contributed by atoms with van der Waals surface area (Å²) in [5.41, 5.74) is 9.21. The zero-order valence-electron chi connectivity index (χ0n) is 15.8. The average Bonchev–Trinajstić information content (AvgIpc) is 2.96. The fourth-order valence-corrected chi connectivity index (χ4v) is 3.93. The number of amidine groups is 1. The maximum Gasteiger partial charge on any atom is 0.156 e. The number of rotatable bonds is 3. The van der Waals surface area contributed by atoms with Gasteiger partial charge < -0.3 is 10.5 Å². The number of methoxy groups -OCH3 is 1. The smallest absolute Gasteiger partial charge is 0.156 e. The zero-order valence-corrected chi connectivity index (χ0v) is 15.8. The SMILES string of the molecule is [B]c1cc(C2(c3cc(C)c(OC)c(C)n3)N=C(N)c3c(F)cccc32)ccn1. The fourth-order valence-electron chi connectivity index (χ4n) is 3.93. The predicted molar refractivity (Wildman–Crippen MR) is 107 cm³/mol. The Morgan fingerprint density at radius 2 is 1.96 bits per heavy atom. The monoisotopic (exact) mass is 372 g/mol. The molecular weight excluding hydrogens is 354 g/mol. The third kappa shape index (κ3) is 2.50. The molecule has 3 aromatic rings. The molecule has 0 fully saturated rings. The highest BCUT2D eigenvalue weighted by Crippen LogP contribution is 2.46. The summed E-state index contributed by atoms with van der Waals surface area (Å²) >= 11 is 0. The van der Waals surface area contributed by atoms with E-state index < -0.39 is 11.4 Å².